The standard InChI is InChI=1S/C10H13NO2S.C4H9N/c1-9-7-11(8-9)14(12,13)10-5-3-2-4-6-10;1-4-2-5-3-4/h2-6,9H,7-8H2,1H3;4-5H,2-3H2,1H3. The molecule has 3 rings (SSSR count). The molecule has 2 saturated heterocycles. The highest BCUT2D eigenvalue weighted by molar-refractivity contribution is 7.89. The minimum atomic E-state index is -3.20. The van der Waals surface area contributed by atoms with Gasteiger partial charge < -0.3 is 5.32 Å². The van der Waals surface area contributed by atoms with Gasteiger partial charge in [-0.1, -0.05) is 32.0 Å². The first kappa shape index (κ1) is 14.5. The van der Waals surface area contributed by atoms with E-state index in [1.54, 1.807) is 24.3 Å². The summed E-state index contributed by atoms with van der Waals surface area (Å²) in [6.07, 6.45) is 0. The van der Waals surface area contributed by atoms with Crippen LogP contribution in [0.1, 0.15) is 13.8 Å². The summed E-state index contributed by atoms with van der Waals surface area (Å²) in [5.74, 6) is 1.45. The number of hydrogen-bond acceptors (Lipinski definition) is 3. The molecule has 0 aliphatic carbocycles. The van der Waals surface area contributed by atoms with E-state index >= 15 is 0 Å². The molecule has 0 bridgehead atoms. The fourth-order valence-electron chi connectivity index (χ4n) is 2.01. The first-order valence-corrected chi connectivity index (χ1v) is 8.20. The van der Waals surface area contributed by atoms with Gasteiger partial charge in [-0.05, 0) is 37.1 Å². The Kier molecular flexibility index (Phi) is 4.60. The highest BCUT2D eigenvalue weighted by atomic mass is 32.2. The van der Waals surface area contributed by atoms with Crippen LogP contribution in [-0.2, 0) is 10.0 Å². The Balaban J connectivity index is 0.000000224. The van der Waals surface area contributed by atoms with Crippen LogP contribution in [0.3, 0.4) is 0 Å². The third kappa shape index (κ3) is 3.55. The van der Waals surface area contributed by atoms with Crippen molar-refractivity contribution in [1.29, 1.82) is 0 Å². The van der Waals surface area contributed by atoms with E-state index in [0.717, 1.165) is 5.92 Å². The third-order valence-corrected chi connectivity index (χ3v) is 5.24. The molecule has 0 aromatic heterocycles. The zero-order chi connectivity index (χ0) is 13.9. The number of hydrogen-bond donors (Lipinski definition) is 1. The Morgan fingerprint density at radius 3 is 1.95 bits per heavy atom. The number of sulfonamides is 1. The highest BCUT2D eigenvalue weighted by Crippen LogP contribution is 2.23. The van der Waals surface area contributed by atoms with Crippen molar-refractivity contribution in [2.75, 3.05) is 26.2 Å². The molecule has 0 atom stereocenters. The van der Waals surface area contributed by atoms with Crippen LogP contribution in [0.2, 0.25) is 0 Å². The molecule has 2 fully saturated rings. The monoisotopic (exact) mass is 282 g/mol. The van der Waals surface area contributed by atoms with Gasteiger partial charge in [0.05, 0.1) is 4.90 Å². The van der Waals surface area contributed by atoms with Gasteiger partial charge in [-0.2, -0.15) is 4.31 Å². The van der Waals surface area contributed by atoms with E-state index < -0.39 is 10.0 Å². The maximum Gasteiger partial charge on any atom is 0.243 e. The van der Waals surface area contributed by atoms with Gasteiger partial charge in [-0.25, -0.2) is 8.42 Å². The van der Waals surface area contributed by atoms with Crippen molar-refractivity contribution in [3.8, 4) is 0 Å². The van der Waals surface area contributed by atoms with Crippen molar-refractivity contribution < 1.29 is 8.42 Å². The molecule has 4 nitrogen and oxygen atoms in total. The van der Waals surface area contributed by atoms with Gasteiger partial charge in [-0.3, -0.25) is 0 Å². The summed E-state index contributed by atoms with van der Waals surface area (Å²) < 4.78 is 25.3. The topological polar surface area (TPSA) is 49.4 Å². The van der Waals surface area contributed by atoms with E-state index in [4.69, 9.17) is 0 Å². The van der Waals surface area contributed by atoms with E-state index in [0.29, 0.717) is 23.9 Å². The van der Waals surface area contributed by atoms with E-state index in [1.165, 1.54) is 17.4 Å². The first-order valence-electron chi connectivity index (χ1n) is 6.76. The summed E-state index contributed by atoms with van der Waals surface area (Å²) in [4.78, 5) is 0.395. The second kappa shape index (κ2) is 6.03. The molecular weight excluding hydrogens is 260 g/mol. The number of nitrogens with zero attached hydrogens (tertiary/aromatic N) is 1. The Hall–Kier alpha value is -0.910. The minimum Gasteiger partial charge on any atom is -0.316 e. The quantitative estimate of drug-likeness (QED) is 0.895. The second-order valence-electron chi connectivity index (χ2n) is 5.50. The van der Waals surface area contributed by atoms with Crippen molar-refractivity contribution in [3.05, 3.63) is 30.3 Å². The van der Waals surface area contributed by atoms with E-state index in [1.807, 2.05) is 6.07 Å². The molecule has 5 heteroatoms. The normalized spacial score (nSPS) is 20.9. The molecular formula is C14H22N2O2S. The number of rotatable bonds is 2. The van der Waals surface area contributed by atoms with Gasteiger partial charge >= 0.3 is 0 Å². The van der Waals surface area contributed by atoms with Crippen LogP contribution < -0.4 is 5.32 Å². The molecule has 2 aliphatic heterocycles. The molecule has 0 saturated carbocycles. The number of benzene rings is 1. The molecule has 0 radical (unpaired) electrons. The summed E-state index contributed by atoms with van der Waals surface area (Å²) in [6, 6.07) is 8.58. The molecule has 0 amide bonds. The van der Waals surface area contributed by atoms with Gasteiger partial charge in [0.25, 0.3) is 0 Å². The Morgan fingerprint density at radius 1 is 1.05 bits per heavy atom. The van der Waals surface area contributed by atoms with Gasteiger partial charge in [0.1, 0.15) is 0 Å². The largest absolute Gasteiger partial charge is 0.316 e. The predicted molar refractivity (Wildman–Crippen MR) is 76.4 cm³/mol. The predicted octanol–water partition coefficient (Wildman–Crippen LogP) is 1.55. The van der Waals surface area contributed by atoms with Crippen LogP contribution in [-0.4, -0.2) is 38.9 Å². The SMILES string of the molecule is CC1CN(S(=O)(=O)c2ccccc2)C1.CC1CNC1. The maximum absolute atomic E-state index is 11.9. The van der Waals surface area contributed by atoms with E-state index in [9.17, 15) is 8.42 Å². The fourth-order valence-corrected chi connectivity index (χ4v) is 3.71. The molecule has 1 aromatic carbocycles. The second-order valence-corrected chi connectivity index (χ2v) is 7.44. The van der Waals surface area contributed by atoms with Crippen LogP contribution in [0.5, 0.6) is 0 Å². The summed E-state index contributed by atoms with van der Waals surface area (Å²) >= 11 is 0. The Labute approximate surface area is 115 Å². The van der Waals surface area contributed by atoms with Crippen molar-refractivity contribution in [2.45, 2.75) is 18.7 Å². The van der Waals surface area contributed by atoms with Gasteiger partial charge in [0.15, 0.2) is 0 Å². The lowest BCUT2D eigenvalue weighted by Crippen LogP contribution is -2.48. The molecule has 0 spiro atoms. The molecule has 2 aliphatic rings. The fraction of sp³-hybridized carbons (Fsp3) is 0.571. The molecule has 0 unspecified atom stereocenters. The zero-order valence-electron chi connectivity index (χ0n) is 11.5. The lowest BCUT2D eigenvalue weighted by molar-refractivity contribution is 0.218. The van der Waals surface area contributed by atoms with Crippen molar-refractivity contribution in [3.63, 3.8) is 0 Å². The van der Waals surface area contributed by atoms with E-state index in [2.05, 4.69) is 19.2 Å². The smallest absolute Gasteiger partial charge is 0.243 e. The van der Waals surface area contributed by atoms with Crippen LogP contribution in [0.15, 0.2) is 35.2 Å². The number of nitrogens with one attached hydrogen (secondary N) is 1. The van der Waals surface area contributed by atoms with Crippen LogP contribution >= 0.6 is 0 Å². The van der Waals surface area contributed by atoms with Gasteiger partial charge in [0.2, 0.25) is 10.0 Å². The van der Waals surface area contributed by atoms with Crippen molar-refractivity contribution in [2.24, 2.45) is 11.8 Å². The Bertz CT molecular complexity index is 491. The van der Waals surface area contributed by atoms with Crippen LogP contribution in [0, 0.1) is 11.8 Å². The summed E-state index contributed by atoms with van der Waals surface area (Å²) in [7, 11) is -3.20. The van der Waals surface area contributed by atoms with Gasteiger partial charge in [-0.15, -0.1) is 0 Å². The molecule has 19 heavy (non-hydrogen) atoms. The zero-order valence-corrected chi connectivity index (χ0v) is 12.4. The molecule has 2 heterocycles. The maximum atomic E-state index is 11.9. The van der Waals surface area contributed by atoms with E-state index in [-0.39, 0.29) is 0 Å². The molecule has 1 N–H and O–H groups in total. The lowest BCUT2D eigenvalue weighted by Gasteiger charge is -2.35. The lowest BCUT2D eigenvalue weighted by atomic mass is 10.1. The van der Waals surface area contributed by atoms with Crippen molar-refractivity contribution in [1.82, 2.24) is 9.62 Å². The summed E-state index contributed by atoms with van der Waals surface area (Å²) in [5.41, 5.74) is 0. The summed E-state index contributed by atoms with van der Waals surface area (Å²) in [5, 5.41) is 3.16. The highest BCUT2D eigenvalue weighted by Gasteiger charge is 2.33. The third-order valence-electron chi connectivity index (χ3n) is 3.40. The van der Waals surface area contributed by atoms with Crippen molar-refractivity contribution >= 4 is 10.0 Å². The molecule has 1 aromatic rings. The first-order chi connectivity index (χ1) is 9.00. The average molecular weight is 282 g/mol. The summed E-state index contributed by atoms with van der Waals surface area (Å²) in [6.45, 7) is 8.07. The molecule has 106 valence electrons. The van der Waals surface area contributed by atoms with Crippen LogP contribution in [0.4, 0.5) is 0 Å². The average Bonchev–Trinajstić information content (AvgIpc) is 2.34. The van der Waals surface area contributed by atoms with Crippen LogP contribution in [0.25, 0.3) is 0 Å². The van der Waals surface area contributed by atoms with Gasteiger partial charge in [0, 0.05) is 13.1 Å². The minimum absolute atomic E-state index is 0.395. The Morgan fingerprint density at radius 2 is 1.58 bits per heavy atom.